The van der Waals surface area contributed by atoms with Crippen LogP contribution in [0.5, 0.6) is 5.75 Å². The van der Waals surface area contributed by atoms with E-state index in [4.69, 9.17) is 0 Å². The number of phenols is 1. The fourth-order valence-corrected chi connectivity index (χ4v) is 2.73. The van der Waals surface area contributed by atoms with Gasteiger partial charge in [0.05, 0.1) is 0 Å². The molecule has 1 aromatic carbocycles. The summed E-state index contributed by atoms with van der Waals surface area (Å²) >= 11 is 0. The van der Waals surface area contributed by atoms with Crippen LogP contribution >= 0.6 is 0 Å². The van der Waals surface area contributed by atoms with E-state index in [1.807, 2.05) is 6.92 Å². The monoisotopic (exact) mass is 251 g/mol. The Hall–Kier alpha value is -1.09. The Balaban J connectivity index is 1.88. The SMILES string of the molecule is CC(NCC1CCCCC1)c1ccc(F)cc1O. The highest BCUT2D eigenvalue weighted by Crippen LogP contribution is 2.27. The fraction of sp³-hybridized carbons (Fsp3) is 0.600. The Labute approximate surface area is 108 Å². The third kappa shape index (κ3) is 3.45. The molecule has 1 aliphatic carbocycles. The van der Waals surface area contributed by atoms with E-state index in [0.29, 0.717) is 0 Å². The number of nitrogens with one attached hydrogen (secondary N) is 1. The Morgan fingerprint density at radius 1 is 1.33 bits per heavy atom. The van der Waals surface area contributed by atoms with Gasteiger partial charge in [-0.25, -0.2) is 4.39 Å². The van der Waals surface area contributed by atoms with Crippen molar-refractivity contribution in [1.82, 2.24) is 5.32 Å². The van der Waals surface area contributed by atoms with Gasteiger partial charge in [0, 0.05) is 17.7 Å². The summed E-state index contributed by atoms with van der Waals surface area (Å²) in [5.74, 6) is 0.401. The molecule has 0 saturated heterocycles. The van der Waals surface area contributed by atoms with E-state index in [1.165, 1.54) is 44.2 Å². The van der Waals surface area contributed by atoms with Crippen molar-refractivity contribution in [2.45, 2.75) is 45.1 Å². The zero-order valence-electron chi connectivity index (χ0n) is 11.0. The first-order valence-corrected chi connectivity index (χ1v) is 6.88. The number of aromatic hydroxyl groups is 1. The van der Waals surface area contributed by atoms with E-state index in [2.05, 4.69) is 5.32 Å². The maximum absolute atomic E-state index is 12.9. The van der Waals surface area contributed by atoms with Crippen molar-refractivity contribution in [1.29, 1.82) is 0 Å². The van der Waals surface area contributed by atoms with Gasteiger partial charge in [-0.05, 0) is 38.3 Å². The maximum Gasteiger partial charge on any atom is 0.126 e. The average Bonchev–Trinajstić information content (AvgIpc) is 2.37. The normalized spacial score (nSPS) is 18.8. The lowest BCUT2D eigenvalue weighted by Gasteiger charge is -2.24. The number of halogens is 1. The van der Waals surface area contributed by atoms with E-state index in [-0.39, 0.29) is 11.8 Å². The molecule has 100 valence electrons. The highest BCUT2D eigenvalue weighted by atomic mass is 19.1. The molecule has 0 radical (unpaired) electrons. The van der Waals surface area contributed by atoms with Crippen molar-refractivity contribution in [3.05, 3.63) is 29.6 Å². The number of phenolic OH excluding ortho intramolecular Hbond substituents is 1. The molecule has 1 saturated carbocycles. The van der Waals surface area contributed by atoms with Crippen LogP contribution in [0.3, 0.4) is 0 Å². The predicted molar refractivity (Wildman–Crippen MR) is 71.1 cm³/mol. The summed E-state index contributed by atoms with van der Waals surface area (Å²) in [6, 6.07) is 4.29. The van der Waals surface area contributed by atoms with E-state index in [9.17, 15) is 9.50 Å². The summed E-state index contributed by atoms with van der Waals surface area (Å²) < 4.78 is 12.9. The summed E-state index contributed by atoms with van der Waals surface area (Å²) in [7, 11) is 0. The van der Waals surface area contributed by atoms with Crippen LogP contribution in [0.25, 0.3) is 0 Å². The van der Waals surface area contributed by atoms with Gasteiger partial charge in [-0.2, -0.15) is 0 Å². The van der Waals surface area contributed by atoms with Crippen molar-refractivity contribution in [2.75, 3.05) is 6.54 Å². The molecule has 0 bridgehead atoms. The van der Waals surface area contributed by atoms with Gasteiger partial charge < -0.3 is 10.4 Å². The number of rotatable bonds is 4. The molecular weight excluding hydrogens is 229 g/mol. The van der Waals surface area contributed by atoms with E-state index >= 15 is 0 Å². The third-order valence-electron chi connectivity index (χ3n) is 3.90. The number of hydrogen-bond acceptors (Lipinski definition) is 2. The first kappa shape index (κ1) is 13.3. The molecule has 3 heteroatoms. The van der Waals surface area contributed by atoms with Gasteiger partial charge in [0.15, 0.2) is 0 Å². The molecule has 0 aromatic heterocycles. The summed E-state index contributed by atoms with van der Waals surface area (Å²) in [5, 5.41) is 13.2. The lowest BCUT2D eigenvalue weighted by atomic mass is 9.89. The molecule has 0 heterocycles. The summed E-state index contributed by atoms with van der Waals surface area (Å²) in [4.78, 5) is 0. The minimum Gasteiger partial charge on any atom is -0.508 e. The zero-order valence-corrected chi connectivity index (χ0v) is 11.0. The predicted octanol–water partition coefficient (Wildman–Crippen LogP) is 3.76. The smallest absolute Gasteiger partial charge is 0.126 e. The Bertz CT molecular complexity index is 388. The second-order valence-electron chi connectivity index (χ2n) is 5.34. The van der Waals surface area contributed by atoms with Crippen molar-refractivity contribution < 1.29 is 9.50 Å². The standard InChI is InChI=1S/C15H22FNO/c1-11(14-8-7-13(16)9-15(14)18)17-10-12-5-3-2-4-6-12/h7-9,11-12,17-18H,2-6,10H2,1H3. The first-order valence-electron chi connectivity index (χ1n) is 6.88. The number of benzene rings is 1. The van der Waals surface area contributed by atoms with Gasteiger partial charge >= 0.3 is 0 Å². The Morgan fingerprint density at radius 2 is 2.06 bits per heavy atom. The maximum atomic E-state index is 12.9. The van der Waals surface area contributed by atoms with Crippen molar-refractivity contribution in [3.8, 4) is 5.75 Å². The molecule has 2 rings (SSSR count). The molecule has 1 aliphatic rings. The third-order valence-corrected chi connectivity index (χ3v) is 3.90. The van der Waals surface area contributed by atoms with Crippen molar-refractivity contribution >= 4 is 0 Å². The quantitative estimate of drug-likeness (QED) is 0.854. The van der Waals surface area contributed by atoms with Crippen LogP contribution in [-0.2, 0) is 0 Å². The van der Waals surface area contributed by atoms with Crippen LogP contribution in [0.4, 0.5) is 4.39 Å². The molecule has 2 N–H and O–H groups in total. The topological polar surface area (TPSA) is 32.3 Å². The minimum absolute atomic E-state index is 0.0404. The molecule has 0 aliphatic heterocycles. The second kappa shape index (κ2) is 6.19. The lowest BCUT2D eigenvalue weighted by Crippen LogP contribution is -2.27. The Morgan fingerprint density at radius 3 is 2.72 bits per heavy atom. The van der Waals surface area contributed by atoms with Crippen LogP contribution in [0.15, 0.2) is 18.2 Å². The number of hydrogen-bond donors (Lipinski definition) is 2. The highest BCUT2D eigenvalue weighted by Gasteiger charge is 2.16. The van der Waals surface area contributed by atoms with Gasteiger partial charge in [0.2, 0.25) is 0 Å². The Kier molecular flexibility index (Phi) is 4.59. The van der Waals surface area contributed by atoms with Crippen molar-refractivity contribution in [2.24, 2.45) is 5.92 Å². The highest BCUT2D eigenvalue weighted by molar-refractivity contribution is 5.34. The minimum atomic E-state index is -0.393. The van der Waals surface area contributed by atoms with Gasteiger partial charge in [0.25, 0.3) is 0 Å². The summed E-state index contributed by atoms with van der Waals surface area (Å²) in [6.07, 6.45) is 6.64. The largest absolute Gasteiger partial charge is 0.508 e. The molecule has 0 spiro atoms. The summed E-state index contributed by atoms with van der Waals surface area (Å²) in [6.45, 7) is 2.99. The van der Waals surface area contributed by atoms with Crippen LogP contribution in [0, 0.1) is 11.7 Å². The summed E-state index contributed by atoms with van der Waals surface area (Å²) in [5.41, 5.74) is 0.771. The fourth-order valence-electron chi connectivity index (χ4n) is 2.73. The van der Waals surface area contributed by atoms with Crippen LogP contribution in [-0.4, -0.2) is 11.7 Å². The van der Waals surface area contributed by atoms with E-state index < -0.39 is 5.82 Å². The molecule has 0 amide bonds. The van der Waals surface area contributed by atoms with Crippen LogP contribution in [0.1, 0.15) is 50.6 Å². The van der Waals surface area contributed by atoms with Gasteiger partial charge in [-0.3, -0.25) is 0 Å². The van der Waals surface area contributed by atoms with E-state index in [1.54, 1.807) is 6.07 Å². The van der Waals surface area contributed by atoms with Gasteiger partial charge in [-0.1, -0.05) is 25.3 Å². The van der Waals surface area contributed by atoms with Gasteiger partial charge in [-0.15, -0.1) is 0 Å². The van der Waals surface area contributed by atoms with Gasteiger partial charge in [0.1, 0.15) is 11.6 Å². The lowest BCUT2D eigenvalue weighted by molar-refractivity contribution is 0.329. The molecule has 1 aromatic rings. The molecule has 1 fully saturated rings. The second-order valence-corrected chi connectivity index (χ2v) is 5.34. The van der Waals surface area contributed by atoms with Crippen molar-refractivity contribution in [3.63, 3.8) is 0 Å². The van der Waals surface area contributed by atoms with Crippen LogP contribution < -0.4 is 5.32 Å². The first-order chi connectivity index (χ1) is 8.66. The molecule has 1 unspecified atom stereocenters. The molecule has 1 atom stereocenters. The zero-order chi connectivity index (χ0) is 13.0. The molecular formula is C15H22FNO. The molecule has 2 nitrogen and oxygen atoms in total. The average molecular weight is 251 g/mol. The van der Waals surface area contributed by atoms with Crippen LogP contribution in [0.2, 0.25) is 0 Å². The molecule has 18 heavy (non-hydrogen) atoms. The van der Waals surface area contributed by atoms with E-state index in [0.717, 1.165) is 18.0 Å².